The lowest BCUT2D eigenvalue weighted by atomic mass is 10.0. The number of likely N-dealkylation sites (tertiary alicyclic amines) is 1. The molecular formula is C20H24N6O. The van der Waals surface area contributed by atoms with Gasteiger partial charge in [-0.25, -0.2) is 0 Å². The van der Waals surface area contributed by atoms with Crippen LogP contribution < -0.4 is 5.32 Å². The molecule has 1 aliphatic rings. The van der Waals surface area contributed by atoms with Gasteiger partial charge in [0.25, 0.3) is 5.91 Å². The minimum Gasteiger partial charge on any atom is -0.345 e. The van der Waals surface area contributed by atoms with Gasteiger partial charge in [-0.05, 0) is 60.5 Å². The van der Waals surface area contributed by atoms with Gasteiger partial charge in [0.2, 0.25) is 0 Å². The molecule has 7 heteroatoms. The van der Waals surface area contributed by atoms with E-state index in [4.69, 9.17) is 0 Å². The van der Waals surface area contributed by atoms with Crippen molar-refractivity contribution in [1.29, 1.82) is 0 Å². The molecule has 0 saturated carbocycles. The summed E-state index contributed by atoms with van der Waals surface area (Å²) in [6, 6.07) is 13.7. The highest BCUT2D eigenvalue weighted by Gasteiger charge is 2.20. The van der Waals surface area contributed by atoms with Gasteiger partial charge in [0.15, 0.2) is 5.65 Å². The van der Waals surface area contributed by atoms with Crippen molar-refractivity contribution in [3.8, 4) is 0 Å². The van der Waals surface area contributed by atoms with Crippen molar-refractivity contribution >= 4 is 11.6 Å². The number of piperidine rings is 1. The summed E-state index contributed by atoms with van der Waals surface area (Å²) in [5.74, 6) is -0.150. The van der Waals surface area contributed by atoms with Gasteiger partial charge in [-0.1, -0.05) is 36.8 Å². The summed E-state index contributed by atoms with van der Waals surface area (Å²) in [7, 11) is 0. The van der Waals surface area contributed by atoms with Crippen molar-refractivity contribution in [2.24, 2.45) is 0 Å². The van der Waals surface area contributed by atoms with E-state index in [9.17, 15) is 4.79 Å². The van der Waals surface area contributed by atoms with Crippen LogP contribution in [0, 0.1) is 0 Å². The normalized spacial score (nSPS) is 16.3. The molecule has 3 aromatic rings. The Morgan fingerprint density at radius 3 is 2.70 bits per heavy atom. The van der Waals surface area contributed by atoms with E-state index in [-0.39, 0.29) is 11.9 Å². The number of amides is 1. The number of nitrogens with zero attached hydrogens (tertiary/aromatic N) is 5. The third-order valence-electron chi connectivity index (χ3n) is 5.16. The third-order valence-corrected chi connectivity index (χ3v) is 5.16. The first-order valence-corrected chi connectivity index (χ1v) is 9.56. The Morgan fingerprint density at radius 2 is 1.89 bits per heavy atom. The zero-order valence-electron chi connectivity index (χ0n) is 15.3. The summed E-state index contributed by atoms with van der Waals surface area (Å²) in [6.45, 7) is 3.29. The van der Waals surface area contributed by atoms with Crippen LogP contribution in [-0.4, -0.2) is 50.5 Å². The van der Waals surface area contributed by atoms with Crippen LogP contribution in [0.1, 0.15) is 47.6 Å². The van der Waals surface area contributed by atoms with Gasteiger partial charge >= 0.3 is 0 Å². The van der Waals surface area contributed by atoms with Crippen molar-refractivity contribution in [2.45, 2.75) is 31.7 Å². The van der Waals surface area contributed by atoms with Crippen LogP contribution in [-0.2, 0) is 0 Å². The third kappa shape index (κ3) is 4.14. The molecule has 3 heterocycles. The molecule has 1 amide bonds. The van der Waals surface area contributed by atoms with Gasteiger partial charge in [0, 0.05) is 12.7 Å². The van der Waals surface area contributed by atoms with Crippen molar-refractivity contribution in [3.63, 3.8) is 0 Å². The van der Waals surface area contributed by atoms with E-state index < -0.39 is 0 Å². The van der Waals surface area contributed by atoms with Gasteiger partial charge in [-0.15, -0.1) is 5.10 Å². The topological polar surface area (TPSA) is 75.4 Å². The Bertz CT molecular complexity index is 888. The van der Waals surface area contributed by atoms with Crippen LogP contribution in [0.4, 0.5) is 0 Å². The van der Waals surface area contributed by atoms with E-state index in [2.05, 4.69) is 37.9 Å². The average molecular weight is 364 g/mol. The number of aromatic nitrogens is 4. The number of carbonyl (C=O) groups excluding carboxylic acids is 1. The standard InChI is InChI=1S/C20H24N6O/c27-20(17-10-7-14-26-19(17)22-23-24-26)21-18(16-8-3-1-4-9-16)11-15-25-12-5-2-6-13-25/h1,3-4,7-10,14,18H,2,5-6,11-13,15H2,(H,21,27). The number of rotatable bonds is 6. The molecule has 140 valence electrons. The fourth-order valence-electron chi connectivity index (χ4n) is 3.68. The minimum absolute atomic E-state index is 0.0447. The van der Waals surface area contributed by atoms with Crippen LogP contribution >= 0.6 is 0 Å². The maximum atomic E-state index is 13.0. The van der Waals surface area contributed by atoms with Gasteiger partial charge in [0.05, 0.1) is 11.6 Å². The quantitative estimate of drug-likeness (QED) is 0.727. The highest BCUT2D eigenvalue weighted by Crippen LogP contribution is 2.20. The molecule has 1 aliphatic heterocycles. The summed E-state index contributed by atoms with van der Waals surface area (Å²) < 4.78 is 1.51. The lowest BCUT2D eigenvalue weighted by Crippen LogP contribution is -2.35. The lowest BCUT2D eigenvalue weighted by molar-refractivity contribution is 0.0931. The maximum Gasteiger partial charge on any atom is 0.255 e. The number of carbonyl (C=O) groups is 1. The summed E-state index contributed by atoms with van der Waals surface area (Å²) >= 11 is 0. The number of pyridine rings is 1. The molecule has 7 nitrogen and oxygen atoms in total. The van der Waals surface area contributed by atoms with E-state index in [0.717, 1.165) is 31.6 Å². The van der Waals surface area contributed by atoms with Crippen molar-refractivity contribution in [2.75, 3.05) is 19.6 Å². The van der Waals surface area contributed by atoms with Crippen molar-refractivity contribution in [1.82, 2.24) is 30.3 Å². The first-order valence-electron chi connectivity index (χ1n) is 9.56. The largest absolute Gasteiger partial charge is 0.345 e. The Hall–Kier alpha value is -2.80. The van der Waals surface area contributed by atoms with E-state index in [1.807, 2.05) is 18.2 Å². The number of fused-ring (bicyclic) bond motifs is 1. The number of hydrogen-bond acceptors (Lipinski definition) is 5. The van der Waals surface area contributed by atoms with Gasteiger partial charge in [0.1, 0.15) is 0 Å². The lowest BCUT2D eigenvalue weighted by Gasteiger charge is -2.28. The van der Waals surface area contributed by atoms with Gasteiger partial charge < -0.3 is 10.2 Å². The fourth-order valence-corrected chi connectivity index (χ4v) is 3.68. The average Bonchev–Trinajstić information content (AvgIpc) is 3.21. The molecule has 0 bridgehead atoms. The smallest absolute Gasteiger partial charge is 0.255 e. The predicted molar refractivity (Wildman–Crippen MR) is 102 cm³/mol. The molecule has 2 aromatic heterocycles. The number of tetrazole rings is 1. The minimum atomic E-state index is -0.150. The predicted octanol–water partition coefficient (Wildman–Crippen LogP) is 2.47. The second-order valence-electron chi connectivity index (χ2n) is 7.00. The van der Waals surface area contributed by atoms with Crippen LogP contribution in [0.25, 0.3) is 5.65 Å². The molecule has 1 aromatic carbocycles. The molecule has 27 heavy (non-hydrogen) atoms. The van der Waals surface area contributed by atoms with Crippen LogP contribution in [0.5, 0.6) is 0 Å². The summed E-state index contributed by atoms with van der Waals surface area (Å²) in [6.07, 6.45) is 6.47. The van der Waals surface area contributed by atoms with E-state index in [1.165, 1.54) is 23.8 Å². The van der Waals surface area contributed by atoms with Crippen LogP contribution in [0.2, 0.25) is 0 Å². The second kappa shape index (κ2) is 8.26. The van der Waals surface area contributed by atoms with Crippen LogP contribution in [0.3, 0.4) is 0 Å². The molecule has 4 rings (SSSR count). The summed E-state index contributed by atoms with van der Waals surface area (Å²) in [5.41, 5.74) is 2.08. The van der Waals surface area contributed by atoms with Crippen molar-refractivity contribution < 1.29 is 4.79 Å². The van der Waals surface area contributed by atoms with Gasteiger partial charge in [-0.2, -0.15) is 4.52 Å². The molecule has 1 fully saturated rings. The Morgan fingerprint density at radius 1 is 1.07 bits per heavy atom. The number of benzene rings is 1. The Labute approximate surface area is 158 Å². The van der Waals surface area contributed by atoms with Gasteiger partial charge in [-0.3, -0.25) is 4.79 Å². The zero-order chi connectivity index (χ0) is 18.5. The molecule has 1 atom stereocenters. The highest BCUT2D eigenvalue weighted by molar-refractivity contribution is 5.99. The summed E-state index contributed by atoms with van der Waals surface area (Å²) in [5, 5.41) is 14.7. The molecule has 1 saturated heterocycles. The monoisotopic (exact) mass is 364 g/mol. The molecule has 1 unspecified atom stereocenters. The van der Waals surface area contributed by atoms with Crippen LogP contribution in [0.15, 0.2) is 48.7 Å². The maximum absolute atomic E-state index is 13.0. The zero-order valence-corrected chi connectivity index (χ0v) is 15.3. The van der Waals surface area contributed by atoms with Crippen molar-refractivity contribution in [3.05, 3.63) is 59.8 Å². The van der Waals surface area contributed by atoms with E-state index in [1.54, 1.807) is 18.3 Å². The first-order chi connectivity index (χ1) is 13.3. The number of nitrogens with one attached hydrogen (secondary N) is 1. The first kappa shape index (κ1) is 17.6. The SMILES string of the molecule is O=C(NC(CCN1CCCCC1)c1ccccc1)c1cccn2nnnc12. The molecule has 0 spiro atoms. The molecular weight excluding hydrogens is 340 g/mol. The Balaban J connectivity index is 1.51. The fraction of sp³-hybridized carbons (Fsp3) is 0.400. The Kier molecular flexibility index (Phi) is 5.39. The molecule has 0 aliphatic carbocycles. The van der Waals surface area contributed by atoms with E-state index >= 15 is 0 Å². The highest BCUT2D eigenvalue weighted by atomic mass is 16.1. The summed E-state index contributed by atoms with van der Waals surface area (Å²) in [4.78, 5) is 15.5. The number of hydrogen-bond donors (Lipinski definition) is 1. The van der Waals surface area contributed by atoms with E-state index in [0.29, 0.717) is 11.2 Å². The molecule has 0 radical (unpaired) electrons. The second-order valence-corrected chi connectivity index (χ2v) is 7.00. The molecule has 1 N–H and O–H groups in total.